The highest BCUT2D eigenvalue weighted by atomic mass is 32.1. The fourth-order valence-corrected chi connectivity index (χ4v) is 3.44. The van der Waals surface area contributed by atoms with Crippen LogP contribution >= 0.6 is 11.3 Å². The molecule has 1 aliphatic heterocycles. The highest BCUT2D eigenvalue weighted by molar-refractivity contribution is 7.22. The fourth-order valence-electron chi connectivity index (χ4n) is 2.55. The number of nitrogens with zero attached hydrogens (tertiary/aromatic N) is 3. The summed E-state index contributed by atoms with van der Waals surface area (Å²) in [4.78, 5) is 11.2. The van der Waals surface area contributed by atoms with Gasteiger partial charge in [0.05, 0.1) is 10.2 Å². The summed E-state index contributed by atoms with van der Waals surface area (Å²) in [5.41, 5.74) is 1.06. The number of guanidine groups is 1. The average molecular weight is 303 g/mol. The predicted molar refractivity (Wildman–Crippen MR) is 90.3 cm³/mol. The summed E-state index contributed by atoms with van der Waals surface area (Å²) >= 11 is 1.70. The molecule has 0 amide bonds. The summed E-state index contributed by atoms with van der Waals surface area (Å²) in [6.45, 7) is 3.92. The van der Waals surface area contributed by atoms with Gasteiger partial charge in [0, 0.05) is 33.2 Å². The minimum atomic E-state index is 0.840. The van der Waals surface area contributed by atoms with E-state index in [1.165, 1.54) is 17.5 Å². The lowest BCUT2D eigenvalue weighted by Crippen LogP contribution is -2.41. The van der Waals surface area contributed by atoms with Gasteiger partial charge in [0.15, 0.2) is 11.1 Å². The second kappa shape index (κ2) is 6.76. The Kier molecular flexibility index (Phi) is 4.55. The van der Waals surface area contributed by atoms with Gasteiger partial charge in [0.25, 0.3) is 0 Å². The van der Waals surface area contributed by atoms with Crippen LogP contribution in [0.3, 0.4) is 0 Å². The van der Waals surface area contributed by atoms with Gasteiger partial charge in [0.1, 0.15) is 0 Å². The van der Waals surface area contributed by atoms with Crippen molar-refractivity contribution in [2.24, 2.45) is 4.99 Å². The van der Waals surface area contributed by atoms with E-state index in [2.05, 4.69) is 31.6 Å². The maximum absolute atomic E-state index is 4.57. The normalized spacial score (nSPS) is 15.7. The van der Waals surface area contributed by atoms with Crippen molar-refractivity contribution in [3.05, 3.63) is 24.3 Å². The first-order valence-corrected chi connectivity index (χ1v) is 8.23. The molecular weight excluding hydrogens is 282 g/mol. The summed E-state index contributed by atoms with van der Waals surface area (Å²) in [6.07, 6.45) is 2.54. The zero-order valence-electron chi connectivity index (χ0n) is 12.3. The Balaban J connectivity index is 1.47. The molecule has 6 heteroatoms. The van der Waals surface area contributed by atoms with Crippen LogP contribution in [-0.4, -0.2) is 49.1 Å². The van der Waals surface area contributed by atoms with E-state index >= 15 is 0 Å². The molecule has 0 saturated carbocycles. The zero-order valence-corrected chi connectivity index (χ0v) is 13.1. The van der Waals surface area contributed by atoms with Crippen LogP contribution in [0.15, 0.2) is 29.3 Å². The van der Waals surface area contributed by atoms with Crippen molar-refractivity contribution in [1.29, 1.82) is 0 Å². The number of rotatable bonds is 4. The molecule has 21 heavy (non-hydrogen) atoms. The van der Waals surface area contributed by atoms with Gasteiger partial charge < -0.3 is 15.5 Å². The molecule has 2 aromatic rings. The lowest BCUT2D eigenvalue weighted by Gasteiger charge is -2.20. The number of aliphatic imine (C=N–C) groups is 1. The lowest BCUT2D eigenvalue weighted by atomic mass is 10.3. The van der Waals surface area contributed by atoms with Crippen molar-refractivity contribution in [2.45, 2.75) is 12.8 Å². The molecule has 112 valence electrons. The largest absolute Gasteiger partial charge is 0.360 e. The molecule has 1 aliphatic rings. The highest BCUT2D eigenvalue weighted by Gasteiger charge is 2.14. The van der Waals surface area contributed by atoms with Crippen molar-refractivity contribution in [3.63, 3.8) is 0 Å². The second-order valence-electron chi connectivity index (χ2n) is 5.08. The van der Waals surface area contributed by atoms with Crippen molar-refractivity contribution < 1.29 is 0 Å². The van der Waals surface area contributed by atoms with Crippen molar-refractivity contribution in [2.75, 3.05) is 38.5 Å². The van der Waals surface area contributed by atoms with E-state index in [-0.39, 0.29) is 0 Å². The van der Waals surface area contributed by atoms with Crippen LogP contribution in [0.2, 0.25) is 0 Å². The summed E-state index contributed by atoms with van der Waals surface area (Å²) in [7, 11) is 1.85. The Labute approximate surface area is 129 Å². The minimum Gasteiger partial charge on any atom is -0.360 e. The first-order chi connectivity index (χ1) is 10.4. The number of benzene rings is 1. The molecule has 0 aliphatic carbocycles. The third-order valence-corrected chi connectivity index (χ3v) is 4.59. The van der Waals surface area contributed by atoms with Gasteiger partial charge in [0.2, 0.25) is 0 Å². The first kappa shape index (κ1) is 14.1. The number of thiazole rings is 1. The molecule has 0 radical (unpaired) electrons. The van der Waals surface area contributed by atoms with Gasteiger partial charge in [-0.1, -0.05) is 23.5 Å². The molecule has 1 fully saturated rings. The van der Waals surface area contributed by atoms with Crippen molar-refractivity contribution >= 4 is 32.6 Å². The number of nitrogens with one attached hydrogen (secondary N) is 2. The monoisotopic (exact) mass is 303 g/mol. The molecule has 0 bridgehead atoms. The van der Waals surface area contributed by atoms with Crippen LogP contribution in [0.25, 0.3) is 10.2 Å². The Bertz CT molecular complexity index is 582. The molecule has 0 unspecified atom stereocenters. The quantitative estimate of drug-likeness (QED) is 0.517. The second-order valence-corrected chi connectivity index (χ2v) is 6.11. The standard InChI is InChI=1S/C15H21N5S/c1-16-14(20-10-4-5-11-20)17-8-9-18-15-19-12-6-2-3-7-13(12)21-15/h2-3,6-7H,4-5,8-11H2,1H3,(H,16,17)(H,18,19). The minimum absolute atomic E-state index is 0.840. The predicted octanol–water partition coefficient (Wildman–Crippen LogP) is 2.38. The third kappa shape index (κ3) is 3.44. The van der Waals surface area contributed by atoms with Gasteiger partial charge in [-0.25, -0.2) is 4.98 Å². The summed E-state index contributed by atoms with van der Waals surface area (Å²) in [6, 6.07) is 8.22. The third-order valence-electron chi connectivity index (χ3n) is 3.60. The molecule has 1 aromatic heterocycles. The Morgan fingerprint density at radius 3 is 2.86 bits per heavy atom. The summed E-state index contributed by atoms with van der Waals surface area (Å²) in [5.74, 6) is 1.01. The molecule has 2 N–H and O–H groups in total. The number of aromatic nitrogens is 1. The van der Waals surface area contributed by atoms with Crippen LogP contribution in [0.4, 0.5) is 5.13 Å². The molecule has 1 saturated heterocycles. The average Bonchev–Trinajstić information content (AvgIpc) is 3.16. The SMILES string of the molecule is CN=C(NCCNc1nc2ccccc2s1)N1CCCC1. The van der Waals surface area contributed by atoms with Gasteiger partial charge in [-0.05, 0) is 25.0 Å². The molecule has 1 aromatic carbocycles. The van der Waals surface area contributed by atoms with Crippen LogP contribution in [0.5, 0.6) is 0 Å². The van der Waals surface area contributed by atoms with Crippen molar-refractivity contribution in [3.8, 4) is 0 Å². The van der Waals surface area contributed by atoms with Crippen molar-refractivity contribution in [1.82, 2.24) is 15.2 Å². The maximum atomic E-state index is 4.57. The van der Waals surface area contributed by atoms with E-state index in [0.717, 1.165) is 42.8 Å². The van der Waals surface area contributed by atoms with Crippen LogP contribution in [0, 0.1) is 0 Å². The van der Waals surface area contributed by atoms with E-state index in [0.29, 0.717) is 0 Å². The van der Waals surface area contributed by atoms with Crippen LogP contribution in [-0.2, 0) is 0 Å². The molecule has 5 nitrogen and oxygen atoms in total. The lowest BCUT2D eigenvalue weighted by molar-refractivity contribution is 0.495. The van der Waals surface area contributed by atoms with Gasteiger partial charge in [-0.15, -0.1) is 0 Å². The van der Waals surface area contributed by atoms with Gasteiger partial charge >= 0.3 is 0 Å². The van der Waals surface area contributed by atoms with E-state index in [1.807, 2.05) is 25.2 Å². The first-order valence-electron chi connectivity index (χ1n) is 7.42. The van der Waals surface area contributed by atoms with E-state index in [1.54, 1.807) is 11.3 Å². The number of hydrogen-bond donors (Lipinski definition) is 2. The zero-order chi connectivity index (χ0) is 14.5. The fraction of sp³-hybridized carbons (Fsp3) is 0.467. The van der Waals surface area contributed by atoms with Gasteiger partial charge in [-0.2, -0.15) is 0 Å². The Hall–Kier alpha value is -1.82. The smallest absolute Gasteiger partial charge is 0.193 e. The maximum Gasteiger partial charge on any atom is 0.193 e. The number of hydrogen-bond acceptors (Lipinski definition) is 4. The molecule has 2 heterocycles. The van der Waals surface area contributed by atoms with E-state index in [9.17, 15) is 0 Å². The molecule has 0 atom stereocenters. The van der Waals surface area contributed by atoms with Crippen LogP contribution in [0.1, 0.15) is 12.8 Å². The van der Waals surface area contributed by atoms with Crippen LogP contribution < -0.4 is 10.6 Å². The molecule has 0 spiro atoms. The highest BCUT2D eigenvalue weighted by Crippen LogP contribution is 2.24. The summed E-state index contributed by atoms with van der Waals surface area (Å²) in [5, 5.41) is 7.76. The number of anilines is 1. The Morgan fingerprint density at radius 2 is 2.10 bits per heavy atom. The topological polar surface area (TPSA) is 52.6 Å². The molecular formula is C15H21N5S. The molecule has 3 rings (SSSR count). The number of fused-ring (bicyclic) bond motifs is 1. The Morgan fingerprint density at radius 1 is 1.29 bits per heavy atom. The van der Waals surface area contributed by atoms with Gasteiger partial charge in [-0.3, -0.25) is 4.99 Å². The van der Waals surface area contributed by atoms with E-state index < -0.39 is 0 Å². The van der Waals surface area contributed by atoms with E-state index in [4.69, 9.17) is 0 Å². The summed E-state index contributed by atoms with van der Waals surface area (Å²) < 4.78 is 1.22. The number of para-hydroxylation sites is 1. The number of likely N-dealkylation sites (tertiary alicyclic amines) is 1.